The van der Waals surface area contributed by atoms with Gasteiger partial charge in [0.15, 0.2) is 5.11 Å². The second-order valence-corrected chi connectivity index (χ2v) is 5.32. The van der Waals surface area contributed by atoms with Gasteiger partial charge in [-0.25, -0.2) is 0 Å². The van der Waals surface area contributed by atoms with Crippen LogP contribution in [0.15, 0.2) is 36.4 Å². The summed E-state index contributed by atoms with van der Waals surface area (Å²) in [5.74, 6) is 0. The van der Waals surface area contributed by atoms with Gasteiger partial charge >= 0.3 is 0 Å². The molecule has 0 amide bonds. The fraction of sp³-hybridized carbons (Fsp3) is 0.438. The normalized spacial score (nSPS) is 16.6. The quantitative estimate of drug-likeness (QED) is 0.856. The molecule has 20 heavy (non-hydrogen) atoms. The van der Waals surface area contributed by atoms with Crippen molar-refractivity contribution in [1.82, 2.24) is 15.1 Å². The first-order valence-corrected chi connectivity index (χ1v) is 7.67. The SMILES string of the molecule is CCNC(=S)N1CCN(CC=Cc2ccccc2)CC1. The lowest BCUT2D eigenvalue weighted by atomic mass is 10.2. The van der Waals surface area contributed by atoms with E-state index in [1.54, 1.807) is 0 Å². The first-order chi connectivity index (χ1) is 9.79. The molecule has 1 fully saturated rings. The van der Waals surface area contributed by atoms with Crippen molar-refractivity contribution in [3.05, 3.63) is 42.0 Å². The van der Waals surface area contributed by atoms with Crippen molar-refractivity contribution < 1.29 is 0 Å². The van der Waals surface area contributed by atoms with Gasteiger partial charge in [-0.2, -0.15) is 0 Å². The summed E-state index contributed by atoms with van der Waals surface area (Å²) in [5.41, 5.74) is 1.26. The topological polar surface area (TPSA) is 18.5 Å². The van der Waals surface area contributed by atoms with Crippen LogP contribution in [0.2, 0.25) is 0 Å². The summed E-state index contributed by atoms with van der Waals surface area (Å²) in [6, 6.07) is 10.4. The Morgan fingerprint density at radius 3 is 2.55 bits per heavy atom. The standard InChI is InChI=1S/C16H23N3S/c1-2-17-16(20)19-13-11-18(12-14-19)10-6-9-15-7-4-3-5-8-15/h3-9H,2,10-14H2,1H3,(H,17,20). The molecule has 1 N–H and O–H groups in total. The van der Waals surface area contributed by atoms with E-state index in [0.29, 0.717) is 0 Å². The molecule has 0 aliphatic carbocycles. The highest BCUT2D eigenvalue weighted by Crippen LogP contribution is 2.04. The van der Waals surface area contributed by atoms with Crippen molar-refractivity contribution >= 4 is 23.4 Å². The molecule has 0 aromatic heterocycles. The number of nitrogens with zero attached hydrogens (tertiary/aromatic N) is 2. The van der Waals surface area contributed by atoms with E-state index in [9.17, 15) is 0 Å². The summed E-state index contributed by atoms with van der Waals surface area (Å²) in [5, 5.41) is 4.11. The molecular weight excluding hydrogens is 266 g/mol. The predicted octanol–water partition coefficient (Wildman–Crippen LogP) is 2.21. The van der Waals surface area contributed by atoms with Crippen LogP contribution in [-0.2, 0) is 0 Å². The molecule has 0 spiro atoms. The molecular formula is C16H23N3S. The van der Waals surface area contributed by atoms with Crippen LogP contribution in [0.4, 0.5) is 0 Å². The first-order valence-electron chi connectivity index (χ1n) is 7.26. The second kappa shape index (κ2) is 8.02. The Morgan fingerprint density at radius 1 is 1.20 bits per heavy atom. The monoisotopic (exact) mass is 289 g/mol. The molecule has 0 unspecified atom stereocenters. The van der Waals surface area contributed by atoms with Crippen LogP contribution >= 0.6 is 12.2 Å². The van der Waals surface area contributed by atoms with Crippen LogP contribution in [0, 0.1) is 0 Å². The lowest BCUT2D eigenvalue weighted by molar-refractivity contribution is 0.197. The van der Waals surface area contributed by atoms with Crippen molar-refractivity contribution in [1.29, 1.82) is 0 Å². The average molecular weight is 289 g/mol. The van der Waals surface area contributed by atoms with Crippen LogP contribution in [0.25, 0.3) is 6.08 Å². The van der Waals surface area contributed by atoms with Crippen LogP contribution < -0.4 is 5.32 Å². The maximum atomic E-state index is 5.35. The fourth-order valence-electron chi connectivity index (χ4n) is 2.30. The Kier molecular flexibility index (Phi) is 6.02. The third-order valence-corrected chi connectivity index (χ3v) is 3.86. The molecule has 4 heteroatoms. The molecule has 1 aromatic carbocycles. The highest BCUT2D eigenvalue weighted by Gasteiger charge is 2.17. The fourth-order valence-corrected chi connectivity index (χ4v) is 2.63. The van der Waals surface area contributed by atoms with Gasteiger partial charge in [0.25, 0.3) is 0 Å². The van der Waals surface area contributed by atoms with Crippen molar-refractivity contribution in [2.24, 2.45) is 0 Å². The zero-order chi connectivity index (χ0) is 14.2. The zero-order valence-electron chi connectivity index (χ0n) is 12.1. The minimum absolute atomic E-state index is 0.895. The van der Waals surface area contributed by atoms with E-state index in [4.69, 9.17) is 12.2 Å². The largest absolute Gasteiger partial charge is 0.363 e. The molecule has 108 valence electrons. The number of rotatable bonds is 4. The summed E-state index contributed by atoms with van der Waals surface area (Å²) in [6.07, 6.45) is 4.43. The van der Waals surface area contributed by atoms with E-state index in [0.717, 1.165) is 44.4 Å². The van der Waals surface area contributed by atoms with Crippen LogP contribution in [0.3, 0.4) is 0 Å². The second-order valence-electron chi connectivity index (χ2n) is 4.94. The van der Waals surface area contributed by atoms with Crippen molar-refractivity contribution in [2.45, 2.75) is 6.92 Å². The van der Waals surface area contributed by atoms with Crippen LogP contribution in [0.1, 0.15) is 12.5 Å². The number of benzene rings is 1. The molecule has 0 saturated carbocycles. The molecule has 0 bridgehead atoms. The number of piperazine rings is 1. The molecule has 1 aliphatic heterocycles. The van der Waals surface area contributed by atoms with Gasteiger partial charge in [-0.1, -0.05) is 42.5 Å². The first kappa shape index (κ1) is 15.0. The maximum absolute atomic E-state index is 5.35. The van der Waals surface area contributed by atoms with Gasteiger partial charge in [-0.3, -0.25) is 4.90 Å². The van der Waals surface area contributed by atoms with Crippen molar-refractivity contribution in [3.8, 4) is 0 Å². The molecule has 1 saturated heterocycles. The van der Waals surface area contributed by atoms with E-state index >= 15 is 0 Å². The smallest absolute Gasteiger partial charge is 0.169 e. The molecule has 3 nitrogen and oxygen atoms in total. The summed E-state index contributed by atoms with van der Waals surface area (Å²) in [7, 11) is 0. The third-order valence-electron chi connectivity index (χ3n) is 3.46. The number of nitrogens with one attached hydrogen (secondary N) is 1. The molecule has 1 heterocycles. The molecule has 1 aliphatic rings. The Balaban J connectivity index is 1.72. The maximum Gasteiger partial charge on any atom is 0.169 e. The van der Waals surface area contributed by atoms with Crippen molar-refractivity contribution in [3.63, 3.8) is 0 Å². The molecule has 0 atom stereocenters. The minimum atomic E-state index is 0.895. The van der Waals surface area contributed by atoms with Gasteiger partial charge in [0, 0.05) is 39.3 Å². The summed E-state index contributed by atoms with van der Waals surface area (Å²) in [6.45, 7) is 8.18. The van der Waals surface area contributed by atoms with Gasteiger partial charge in [-0.15, -0.1) is 0 Å². The van der Waals surface area contributed by atoms with Gasteiger partial charge < -0.3 is 10.2 Å². The van der Waals surface area contributed by atoms with Gasteiger partial charge in [-0.05, 0) is 24.7 Å². The van der Waals surface area contributed by atoms with E-state index in [2.05, 4.69) is 58.5 Å². The van der Waals surface area contributed by atoms with Crippen molar-refractivity contribution in [2.75, 3.05) is 39.3 Å². The minimum Gasteiger partial charge on any atom is -0.363 e. The number of thiocarbonyl (C=S) groups is 1. The predicted molar refractivity (Wildman–Crippen MR) is 89.8 cm³/mol. The van der Waals surface area contributed by atoms with E-state index in [1.165, 1.54) is 5.56 Å². The summed E-state index contributed by atoms with van der Waals surface area (Å²) >= 11 is 5.35. The molecule has 2 rings (SSSR count). The highest BCUT2D eigenvalue weighted by atomic mass is 32.1. The number of hydrogen-bond donors (Lipinski definition) is 1. The lowest BCUT2D eigenvalue weighted by Crippen LogP contribution is -2.51. The summed E-state index contributed by atoms with van der Waals surface area (Å²) in [4.78, 5) is 4.72. The Bertz CT molecular complexity index is 436. The average Bonchev–Trinajstić information content (AvgIpc) is 2.49. The van der Waals surface area contributed by atoms with Gasteiger partial charge in [0.05, 0.1) is 0 Å². The van der Waals surface area contributed by atoms with Gasteiger partial charge in [0.1, 0.15) is 0 Å². The Morgan fingerprint density at radius 2 is 1.90 bits per heavy atom. The highest BCUT2D eigenvalue weighted by molar-refractivity contribution is 7.80. The number of hydrogen-bond acceptors (Lipinski definition) is 2. The molecule has 0 radical (unpaired) electrons. The third kappa shape index (κ3) is 4.62. The lowest BCUT2D eigenvalue weighted by Gasteiger charge is -2.35. The summed E-state index contributed by atoms with van der Waals surface area (Å²) < 4.78 is 0. The van der Waals surface area contributed by atoms with Crippen LogP contribution in [0.5, 0.6) is 0 Å². The van der Waals surface area contributed by atoms with E-state index < -0.39 is 0 Å². The Hall–Kier alpha value is -1.39. The van der Waals surface area contributed by atoms with Gasteiger partial charge in [0.2, 0.25) is 0 Å². The van der Waals surface area contributed by atoms with E-state index in [1.807, 2.05) is 6.07 Å². The van der Waals surface area contributed by atoms with Crippen LogP contribution in [-0.4, -0.2) is 54.2 Å². The zero-order valence-corrected chi connectivity index (χ0v) is 12.9. The Labute approximate surface area is 127 Å². The molecule has 1 aromatic rings. The van der Waals surface area contributed by atoms with E-state index in [-0.39, 0.29) is 0 Å².